The summed E-state index contributed by atoms with van der Waals surface area (Å²) < 4.78 is 53.2. The van der Waals surface area contributed by atoms with Crippen molar-refractivity contribution >= 4 is 37.3 Å². The molecule has 0 unspecified atom stereocenters. The molecule has 4 aromatic rings. The molecule has 9 nitrogen and oxygen atoms in total. The number of nitrogens with zero attached hydrogens (tertiary/aromatic N) is 4. The van der Waals surface area contributed by atoms with Gasteiger partial charge >= 0.3 is 0 Å². The quantitative estimate of drug-likeness (QED) is 0.339. The summed E-state index contributed by atoms with van der Waals surface area (Å²) in [5.41, 5.74) is 1.41. The van der Waals surface area contributed by atoms with E-state index < -0.39 is 20.8 Å². The molecule has 1 atom stereocenters. The zero-order valence-corrected chi connectivity index (χ0v) is 23.4. The molecule has 2 aromatic carbocycles. The minimum Gasteiger partial charge on any atom is -0.355 e. The Morgan fingerprint density at radius 1 is 1.10 bits per heavy atom. The van der Waals surface area contributed by atoms with Gasteiger partial charge in [-0.25, -0.2) is 22.8 Å². The van der Waals surface area contributed by atoms with Crippen molar-refractivity contribution in [3.63, 3.8) is 0 Å². The number of halogens is 1. The number of sulfone groups is 1. The van der Waals surface area contributed by atoms with Gasteiger partial charge in [-0.15, -0.1) is 0 Å². The van der Waals surface area contributed by atoms with E-state index in [2.05, 4.69) is 27.2 Å². The first-order chi connectivity index (χ1) is 19.2. The summed E-state index contributed by atoms with van der Waals surface area (Å²) in [4.78, 5) is 15.3. The van der Waals surface area contributed by atoms with E-state index >= 15 is 4.39 Å². The lowest BCUT2D eigenvalue weighted by Crippen LogP contribution is -2.56. The van der Waals surface area contributed by atoms with E-state index in [-0.39, 0.29) is 23.5 Å². The van der Waals surface area contributed by atoms with Crippen LogP contribution in [0.15, 0.2) is 47.8 Å². The number of benzene rings is 2. The molecular formula is C29H32FN5O4S. The molecule has 0 amide bonds. The van der Waals surface area contributed by atoms with Gasteiger partial charge < -0.3 is 14.4 Å². The Hall–Kier alpha value is -3.25. The van der Waals surface area contributed by atoms with Gasteiger partial charge in [0, 0.05) is 43.3 Å². The lowest BCUT2D eigenvalue weighted by Gasteiger charge is -2.42. The smallest absolute Gasteiger partial charge is 0.249 e. The zero-order valence-electron chi connectivity index (χ0n) is 22.6. The fourth-order valence-electron chi connectivity index (χ4n) is 5.75. The summed E-state index contributed by atoms with van der Waals surface area (Å²) >= 11 is 0. The molecule has 5 heterocycles. The first-order valence-corrected chi connectivity index (χ1v) is 15.4. The molecule has 0 spiro atoms. The average molecular weight is 566 g/mol. The van der Waals surface area contributed by atoms with Gasteiger partial charge in [-0.3, -0.25) is 10.3 Å². The predicted molar refractivity (Wildman–Crippen MR) is 151 cm³/mol. The monoisotopic (exact) mass is 565 g/mol. The number of fused-ring (bicyclic) bond motifs is 8. The lowest BCUT2D eigenvalue weighted by molar-refractivity contribution is -0.0659. The molecule has 40 heavy (non-hydrogen) atoms. The Morgan fingerprint density at radius 3 is 2.75 bits per heavy atom. The second-order valence-corrected chi connectivity index (χ2v) is 12.8. The predicted octanol–water partition coefficient (Wildman–Crippen LogP) is 4.23. The van der Waals surface area contributed by atoms with Crippen LogP contribution < -0.4 is 10.2 Å². The standard InChI is InChI=1S/C29H32FN5O4S/c1-29-12-6-13-35(16-29)27-22-15-31-25(24(30)26(22)33-28(34-27)40(2,36)37)21-11-4-9-19-7-3-8-20(23(19)21)10-5-14-38-18-39-17-32-29/h3-4,7-9,11,15,32H,5-6,10,12-14,16-18H2,1-2H3/t29-/m1/s1. The van der Waals surface area contributed by atoms with Crippen molar-refractivity contribution in [1.29, 1.82) is 0 Å². The van der Waals surface area contributed by atoms with Crippen LogP contribution in [0.5, 0.6) is 0 Å². The van der Waals surface area contributed by atoms with E-state index in [1.807, 2.05) is 41.3 Å². The number of hydrogen-bond acceptors (Lipinski definition) is 9. The molecule has 3 aliphatic rings. The van der Waals surface area contributed by atoms with Gasteiger partial charge in [0.15, 0.2) is 5.82 Å². The molecule has 3 aliphatic heterocycles. The van der Waals surface area contributed by atoms with Crippen LogP contribution in [0, 0.1) is 5.82 Å². The van der Waals surface area contributed by atoms with E-state index in [0.29, 0.717) is 43.2 Å². The first-order valence-electron chi connectivity index (χ1n) is 13.5. The van der Waals surface area contributed by atoms with Gasteiger partial charge in [0.2, 0.25) is 15.0 Å². The Balaban J connectivity index is 1.59. The van der Waals surface area contributed by atoms with E-state index in [0.717, 1.165) is 48.3 Å². The highest BCUT2D eigenvalue weighted by Gasteiger charge is 2.33. The van der Waals surface area contributed by atoms with Gasteiger partial charge in [0.1, 0.15) is 23.8 Å². The Morgan fingerprint density at radius 2 is 1.93 bits per heavy atom. The van der Waals surface area contributed by atoms with E-state index in [1.54, 1.807) is 6.20 Å². The van der Waals surface area contributed by atoms with Crippen LogP contribution in [0.4, 0.5) is 10.2 Å². The highest BCUT2D eigenvalue weighted by atomic mass is 32.2. The van der Waals surface area contributed by atoms with E-state index in [1.165, 1.54) is 0 Å². The van der Waals surface area contributed by atoms with Crippen LogP contribution in [0.3, 0.4) is 0 Å². The van der Waals surface area contributed by atoms with Crippen molar-refractivity contribution < 1.29 is 22.3 Å². The van der Waals surface area contributed by atoms with Gasteiger partial charge in [0.25, 0.3) is 0 Å². The molecule has 210 valence electrons. The minimum absolute atomic E-state index is 0.0557. The Kier molecular flexibility index (Phi) is 7.16. The molecule has 7 rings (SSSR count). The van der Waals surface area contributed by atoms with Gasteiger partial charge in [-0.05, 0) is 48.9 Å². The molecule has 1 saturated heterocycles. The highest BCUT2D eigenvalue weighted by Crippen LogP contribution is 2.37. The third-order valence-corrected chi connectivity index (χ3v) is 8.57. The zero-order chi connectivity index (χ0) is 27.9. The number of ether oxygens (including phenoxy) is 2. The fourth-order valence-corrected chi connectivity index (χ4v) is 6.26. The maximum atomic E-state index is 16.5. The average Bonchev–Trinajstić information content (AvgIpc) is 2.93. The summed E-state index contributed by atoms with van der Waals surface area (Å²) in [6.07, 6.45) is 5.80. The second kappa shape index (κ2) is 10.6. The minimum atomic E-state index is -3.82. The van der Waals surface area contributed by atoms with Crippen LogP contribution in [-0.2, 0) is 25.7 Å². The van der Waals surface area contributed by atoms with Crippen molar-refractivity contribution in [1.82, 2.24) is 20.3 Å². The maximum absolute atomic E-state index is 16.5. The third kappa shape index (κ3) is 5.14. The van der Waals surface area contributed by atoms with Crippen molar-refractivity contribution in [3.05, 3.63) is 54.0 Å². The van der Waals surface area contributed by atoms with Crippen LogP contribution in [0.25, 0.3) is 32.9 Å². The molecule has 6 bridgehead atoms. The summed E-state index contributed by atoms with van der Waals surface area (Å²) in [5.74, 6) is -0.308. The maximum Gasteiger partial charge on any atom is 0.249 e. The summed E-state index contributed by atoms with van der Waals surface area (Å²) in [5, 5.41) is 5.29. The number of hydrogen-bond donors (Lipinski definition) is 1. The summed E-state index contributed by atoms with van der Waals surface area (Å²) in [6.45, 7) is 4.24. The van der Waals surface area contributed by atoms with Crippen LogP contribution >= 0.6 is 0 Å². The number of aromatic nitrogens is 3. The summed E-state index contributed by atoms with van der Waals surface area (Å²) in [7, 11) is -3.82. The van der Waals surface area contributed by atoms with Crippen molar-refractivity contribution in [3.8, 4) is 11.3 Å². The number of anilines is 1. The molecule has 0 aliphatic carbocycles. The summed E-state index contributed by atoms with van der Waals surface area (Å²) in [6, 6.07) is 11.7. The Bertz CT molecular complexity index is 1690. The van der Waals surface area contributed by atoms with Gasteiger partial charge in [0.05, 0.1) is 12.1 Å². The van der Waals surface area contributed by atoms with Crippen LogP contribution in [0.1, 0.15) is 31.7 Å². The fraction of sp³-hybridized carbons (Fsp3) is 0.414. The molecule has 2 aromatic heterocycles. The van der Waals surface area contributed by atoms with E-state index in [9.17, 15) is 8.42 Å². The number of piperidine rings is 1. The topological polar surface area (TPSA) is 107 Å². The molecule has 1 fully saturated rings. The molecule has 11 heteroatoms. The van der Waals surface area contributed by atoms with E-state index in [4.69, 9.17) is 9.47 Å². The largest absolute Gasteiger partial charge is 0.355 e. The first kappa shape index (κ1) is 26.9. The Labute approximate surface area is 232 Å². The molecule has 0 saturated carbocycles. The van der Waals surface area contributed by atoms with Gasteiger partial charge in [-0.1, -0.05) is 36.4 Å². The second-order valence-electron chi connectivity index (χ2n) is 10.8. The lowest BCUT2D eigenvalue weighted by atomic mass is 9.91. The van der Waals surface area contributed by atoms with Crippen LogP contribution in [-0.4, -0.2) is 68.4 Å². The molecule has 1 N–H and O–H groups in total. The van der Waals surface area contributed by atoms with Crippen molar-refractivity contribution in [2.75, 3.05) is 44.4 Å². The number of aryl methyl sites for hydroxylation is 1. The third-order valence-electron chi connectivity index (χ3n) is 7.72. The van der Waals surface area contributed by atoms with Crippen LogP contribution in [0.2, 0.25) is 0 Å². The van der Waals surface area contributed by atoms with Crippen molar-refractivity contribution in [2.45, 2.75) is 43.3 Å². The number of rotatable bonds is 1. The normalized spacial score (nSPS) is 20.9. The SMILES string of the molecule is C[C@@]12CCCN(C1)c1nc(S(C)(=O)=O)nc3c(F)c(ncc13)-c1cccc3cccc(c13)CCCOCOCN2. The molecule has 0 radical (unpaired) electrons. The highest BCUT2D eigenvalue weighted by molar-refractivity contribution is 7.90. The number of pyridine rings is 1. The van der Waals surface area contributed by atoms with Gasteiger partial charge in [-0.2, -0.15) is 0 Å². The van der Waals surface area contributed by atoms with Crippen molar-refractivity contribution in [2.24, 2.45) is 0 Å². The number of nitrogens with one attached hydrogen (secondary N) is 1. The molecular weight excluding hydrogens is 533 g/mol.